The predicted molar refractivity (Wildman–Crippen MR) is 107 cm³/mol. The Hall–Kier alpha value is -3.39. The molecule has 0 radical (unpaired) electrons. The number of furan rings is 1. The topological polar surface area (TPSA) is 103 Å². The largest absolute Gasteiger partial charge is 0.469 e. The summed E-state index contributed by atoms with van der Waals surface area (Å²) in [4.78, 5) is 29.1. The highest BCUT2D eigenvalue weighted by Crippen LogP contribution is 2.30. The lowest BCUT2D eigenvalue weighted by Crippen LogP contribution is -2.29. The van der Waals surface area contributed by atoms with E-state index in [1.165, 1.54) is 10.9 Å². The van der Waals surface area contributed by atoms with Gasteiger partial charge >= 0.3 is 0 Å². The van der Waals surface area contributed by atoms with Crippen molar-refractivity contribution >= 4 is 28.6 Å². The molecule has 0 unspecified atom stereocenters. The average molecular weight is 413 g/mol. The van der Waals surface area contributed by atoms with E-state index in [-0.39, 0.29) is 35.5 Å². The lowest BCUT2D eigenvalue weighted by Gasteiger charge is -2.06. The molecular formula is C20H17ClN4O4. The number of rotatable bonds is 7. The van der Waals surface area contributed by atoms with Crippen LogP contribution in [0.15, 0.2) is 62.7 Å². The fourth-order valence-corrected chi connectivity index (χ4v) is 3.19. The van der Waals surface area contributed by atoms with E-state index in [2.05, 4.69) is 15.5 Å². The van der Waals surface area contributed by atoms with E-state index in [0.717, 1.165) is 5.76 Å². The summed E-state index contributed by atoms with van der Waals surface area (Å²) >= 11 is 6.23. The van der Waals surface area contributed by atoms with Crippen molar-refractivity contribution in [1.82, 2.24) is 20.0 Å². The molecule has 0 saturated heterocycles. The second-order valence-corrected chi connectivity index (χ2v) is 6.77. The summed E-state index contributed by atoms with van der Waals surface area (Å²) in [5, 5.41) is 7.46. The Morgan fingerprint density at radius 1 is 1.21 bits per heavy atom. The number of carbonyl (C=O) groups excluding carboxylic acids is 1. The van der Waals surface area contributed by atoms with Gasteiger partial charge in [-0.3, -0.25) is 14.2 Å². The van der Waals surface area contributed by atoms with Gasteiger partial charge in [0.2, 0.25) is 5.91 Å². The summed E-state index contributed by atoms with van der Waals surface area (Å²) in [6, 6.07) is 10.7. The first-order valence-electron chi connectivity index (χ1n) is 9.02. The molecule has 0 aliphatic carbocycles. The van der Waals surface area contributed by atoms with Crippen LogP contribution in [0.1, 0.15) is 12.2 Å². The van der Waals surface area contributed by atoms with Gasteiger partial charge in [0.05, 0.1) is 11.3 Å². The maximum absolute atomic E-state index is 12.9. The van der Waals surface area contributed by atoms with Crippen LogP contribution in [0.5, 0.6) is 0 Å². The monoisotopic (exact) mass is 412 g/mol. The Labute approximate surface area is 170 Å². The highest BCUT2D eigenvalue weighted by atomic mass is 35.5. The Bertz CT molecular complexity index is 1200. The number of nitrogens with one attached hydrogen (secondary N) is 1. The molecule has 1 amide bonds. The highest BCUT2D eigenvalue weighted by molar-refractivity contribution is 6.33. The van der Waals surface area contributed by atoms with Crippen molar-refractivity contribution in [1.29, 1.82) is 0 Å². The third-order valence-corrected chi connectivity index (χ3v) is 4.78. The zero-order valence-corrected chi connectivity index (χ0v) is 16.1. The summed E-state index contributed by atoms with van der Waals surface area (Å²) in [5.74, 6) is 0.635. The van der Waals surface area contributed by atoms with Crippen molar-refractivity contribution in [3.05, 3.63) is 70.1 Å². The zero-order chi connectivity index (χ0) is 20.2. The van der Waals surface area contributed by atoms with Crippen molar-refractivity contribution in [2.45, 2.75) is 19.4 Å². The van der Waals surface area contributed by atoms with E-state index in [4.69, 9.17) is 20.5 Å². The van der Waals surface area contributed by atoms with Crippen molar-refractivity contribution in [3.8, 4) is 11.3 Å². The lowest BCUT2D eigenvalue weighted by atomic mass is 10.1. The molecule has 4 rings (SSSR count). The van der Waals surface area contributed by atoms with Crippen LogP contribution in [-0.4, -0.2) is 27.2 Å². The number of carbonyl (C=O) groups is 1. The Kier molecular flexibility index (Phi) is 5.44. The summed E-state index contributed by atoms with van der Waals surface area (Å²) in [6.45, 7) is 0.641. The van der Waals surface area contributed by atoms with Crippen LogP contribution in [0.25, 0.3) is 22.4 Å². The third kappa shape index (κ3) is 4.07. The molecule has 0 atom stereocenters. The standard InChI is InChI=1S/C20H17ClN4O4/c21-15-6-2-1-5-14(15)18-17-19(29-24-18)23-12-25(20(17)27)10-8-16(26)22-9-7-13-4-3-11-28-13/h1-6,11-12H,7-10H2,(H,22,26). The van der Waals surface area contributed by atoms with E-state index in [1.807, 2.05) is 6.07 Å². The maximum atomic E-state index is 12.9. The molecule has 0 saturated carbocycles. The van der Waals surface area contributed by atoms with Crippen LogP contribution in [0.4, 0.5) is 0 Å². The summed E-state index contributed by atoms with van der Waals surface area (Å²) in [5.41, 5.74) is 0.708. The molecule has 0 aliphatic rings. The summed E-state index contributed by atoms with van der Waals surface area (Å²) < 4.78 is 11.8. The number of halogens is 1. The molecule has 0 spiro atoms. The van der Waals surface area contributed by atoms with Crippen LogP contribution in [0.3, 0.4) is 0 Å². The van der Waals surface area contributed by atoms with Gasteiger partial charge in [0.15, 0.2) is 0 Å². The fourth-order valence-electron chi connectivity index (χ4n) is 2.97. The molecule has 29 heavy (non-hydrogen) atoms. The Morgan fingerprint density at radius 3 is 2.86 bits per heavy atom. The fraction of sp³-hybridized carbons (Fsp3) is 0.200. The van der Waals surface area contributed by atoms with Gasteiger partial charge in [-0.1, -0.05) is 35.0 Å². The minimum Gasteiger partial charge on any atom is -0.469 e. The molecule has 0 fully saturated rings. The van der Waals surface area contributed by atoms with Gasteiger partial charge in [0.1, 0.15) is 23.2 Å². The average Bonchev–Trinajstić information content (AvgIpc) is 3.38. The number of aromatic nitrogens is 3. The number of hydrogen-bond acceptors (Lipinski definition) is 6. The molecule has 0 aliphatic heterocycles. The van der Waals surface area contributed by atoms with Crippen LogP contribution < -0.4 is 10.9 Å². The molecule has 1 aromatic carbocycles. The first-order valence-corrected chi connectivity index (χ1v) is 9.40. The molecular weight excluding hydrogens is 396 g/mol. The number of benzene rings is 1. The zero-order valence-electron chi connectivity index (χ0n) is 15.3. The number of fused-ring (bicyclic) bond motifs is 1. The normalized spacial score (nSPS) is 11.1. The summed E-state index contributed by atoms with van der Waals surface area (Å²) in [6.07, 6.45) is 3.68. The smallest absolute Gasteiger partial charge is 0.266 e. The van der Waals surface area contributed by atoms with E-state index in [1.54, 1.807) is 36.6 Å². The van der Waals surface area contributed by atoms with Gasteiger partial charge in [0, 0.05) is 31.5 Å². The lowest BCUT2D eigenvalue weighted by molar-refractivity contribution is -0.121. The first kappa shape index (κ1) is 18.9. The summed E-state index contributed by atoms with van der Waals surface area (Å²) in [7, 11) is 0. The van der Waals surface area contributed by atoms with E-state index < -0.39 is 0 Å². The van der Waals surface area contributed by atoms with E-state index >= 15 is 0 Å². The van der Waals surface area contributed by atoms with Gasteiger partial charge in [-0.05, 0) is 18.2 Å². The maximum Gasteiger partial charge on any atom is 0.266 e. The van der Waals surface area contributed by atoms with Gasteiger partial charge in [0.25, 0.3) is 11.3 Å². The quantitative estimate of drug-likeness (QED) is 0.500. The van der Waals surface area contributed by atoms with Gasteiger partial charge in [-0.15, -0.1) is 0 Å². The molecule has 1 N–H and O–H groups in total. The Morgan fingerprint density at radius 2 is 2.07 bits per heavy atom. The molecule has 4 aromatic rings. The SMILES string of the molecule is O=C(CCn1cnc2onc(-c3ccccc3Cl)c2c1=O)NCCc1ccco1. The molecule has 3 aromatic heterocycles. The molecule has 8 nitrogen and oxygen atoms in total. The highest BCUT2D eigenvalue weighted by Gasteiger charge is 2.18. The number of amides is 1. The minimum absolute atomic E-state index is 0.129. The van der Waals surface area contributed by atoms with Crippen molar-refractivity contribution in [2.24, 2.45) is 0 Å². The second-order valence-electron chi connectivity index (χ2n) is 6.36. The van der Waals surface area contributed by atoms with Gasteiger partial charge in [-0.2, -0.15) is 0 Å². The van der Waals surface area contributed by atoms with Crippen molar-refractivity contribution in [2.75, 3.05) is 6.54 Å². The van der Waals surface area contributed by atoms with Crippen LogP contribution in [0.2, 0.25) is 5.02 Å². The van der Waals surface area contributed by atoms with Crippen LogP contribution in [-0.2, 0) is 17.8 Å². The first-order chi connectivity index (χ1) is 14.1. The molecule has 0 bridgehead atoms. The van der Waals surface area contributed by atoms with Gasteiger partial charge < -0.3 is 14.3 Å². The molecule has 148 valence electrons. The van der Waals surface area contributed by atoms with Gasteiger partial charge in [-0.25, -0.2) is 4.98 Å². The van der Waals surface area contributed by atoms with Crippen molar-refractivity contribution in [3.63, 3.8) is 0 Å². The van der Waals surface area contributed by atoms with Crippen molar-refractivity contribution < 1.29 is 13.7 Å². The number of aryl methyl sites for hydroxylation is 1. The minimum atomic E-state index is -0.338. The predicted octanol–water partition coefficient (Wildman–Crippen LogP) is 3.05. The second kappa shape index (κ2) is 8.32. The third-order valence-electron chi connectivity index (χ3n) is 4.45. The van der Waals surface area contributed by atoms with E-state index in [9.17, 15) is 9.59 Å². The number of nitrogens with zero attached hydrogens (tertiary/aromatic N) is 3. The van der Waals surface area contributed by atoms with Crippen LogP contribution >= 0.6 is 11.6 Å². The molecule has 9 heteroatoms. The van der Waals surface area contributed by atoms with E-state index in [0.29, 0.717) is 29.2 Å². The molecule has 3 heterocycles. The Balaban J connectivity index is 1.48. The van der Waals surface area contributed by atoms with Crippen LogP contribution in [0, 0.1) is 0 Å². The number of hydrogen-bond donors (Lipinski definition) is 1.